The molecule has 23 heavy (non-hydrogen) atoms. The van der Waals surface area contributed by atoms with Crippen LogP contribution in [0.1, 0.15) is 27.7 Å². The highest BCUT2D eigenvalue weighted by Gasteiger charge is 2.61. The Morgan fingerprint density at radius 1 is 1.35 bits per heavy atom. The van der Waals surface area contributed by atoms with E-state index in [4.69, 9.17) is 4.74 Å². The third kappa shape index (κ3) is 5.68. The van der Waals surface area contributed by atoms with Crippen molar-refractivity contribution in [2.45, 2.75) is 40.0 Å². The van der Waals surface area contributed by atoms with Crippen LogP contribution in [0.3, 0.4) is 0 Å². The normalized spacial score (nSPS) is 24.1. The van der Waals surface area contributed by atoms with Crippen molar-refractivity contribution in [3.63, 3.8) is 0 Å². The highest BCUT2D eigenvalue weighted by Crippen LogP contribution is 2.60. The van der Waals surface area contributed by atoms with Crippen molar-refractivity contribution in [1.29, 1.82) is 0 Å². The summed E-state index contributed by atoms with van der Waals surface area (Å²) in [4.78, 5) is 12.3. The van der Waals surface area contributed by atoms with Crippen molar-refractivity contribution in [2.24, 2.45) is 17.3 Å². The summed E-state index contributed by atoms with van der Waals surface area (Å²) in [6.45, 7) is 6.54. The lowest BCUT2D eigenvalue weighted by molar-refractivity contribution is -0.148. The molecule has 1 aliphatic rings. The molecule has 0 bridgehead atoms. The average molecular weight is 458 g/mol. The van der Waals surface area contributed by atoms with Gasteiger partial charge in [0.15, 0.2) is 6.10 Å². The summed E-state index contributed by atoms with van der Waals surface area (Å²) < 4.78 is 43.3. The summed E-state index contributed by atoms with van der Waals surface area (Å²) in [6.07, 6.45) is -3.72. The Balaban J connectivity index is 2.90. The van der Waals surface area contributed by atoms with E-state index >= 15 is 0 Å². The quantitative estimate of drug-likeness (QED) is 0.324. The number of allylic oxidation sites excluding steroid dienone is 2. The molecule has 0 aromatic rings. The highest BCUT2D eigenvalue weighted by molar-refractivity contribution is 9.28. The number of carbonyl (C=O) groups is 1. The molecule has 0 heterocycles. The minimum Gasteiger partial charge on any atom is -0.444 e. The molecule has 0 N–H and O–H groups in total. The minimum atomic E-state index is -4.48. The molecule has 0 spiro atoms. The lowest BCUT2D eigenvalue weighted by Gasteiger charge is -2.14. The summed E-state index contributed by atoms with van der Waals surface area (Å²) in [6, 6.07) is 0. The molecule has 1 aliphatic carbocycles. The second kappa shape index (κ2) is 7.43. The van der Waals surface area contributed by atoms with Crippen molar-refractivity contribution in [2.75, 3.05) is 0 Å². The van der Waals surface area contributed by atoms with E-state index in [0.29, 0.717) is 0 Å². The summed E-state index contributed by atoms with van der Waals surface area (Å²) in [5.41, 5.74) is -0.456. The van der Waals surface area contributed by atoms with Gasteiger partial charge in [-0.3, -0.25) is 4.79 Å². The van der Waals surface area contributed by atoms with Crippen LogP contribution in [0.25, 0.3) is 0 Å². The number of hydrogen-bond donors (Lipinski definition) is 0. The maximum Gasteiger partial charge on any atom is 0.409 e. The van der Waals surface area contributed by atoms with Gasteiger partial charge in [-0.25, -0.2) is 0 Å². The van der Waals surface area contributed by atoms with Gasteiger partial charge in [0.1, 0.15) is 0 Å². The fourth-order valence-electron chi connectivity index (χ4n) is 2.47. The van der Waals surface area contributed by atoms with Gasteiger partial charge < -0.3 is 4.74 Å². The third-order valence-electron chi connectivity index (χ3n) is 3.78. The Morgan fingerprint density at radius 3 is 2.35 bits per heavy atom. The number of alkyl halides is 3. The maximum absolute atomic E-state index is 12.5. The summed E-state index contributed by atoms with van der Waals surface area (Å²) in [5.74, 6) is 4.01. The standard InChI is InChI=1S/C16H17Br2F3O2/c1-5-6-11(9(2)8-16(19,20)21)23-14(22)13-10(7-12(17)18)15(13,3)4/h7-8,10-11,13H,1-4H3. The molecule has 1 rings (SSSR count). The first kappa shape index (κ1) is 20.3. The molecule has 128 valence electrons. The number of ether oxygens (including phenoxy) is 1. The molecular weight excluding hydrogens is 441 g/mol. The molecule has 0 amide bonds. The van der Waals surface area contributed by atoms with E-state index in [-0.39, 0.29) is 23.0 Å². The molecule has 2 nitrogen and oxygen atoms in total. The van der Waals surface area contributed by atoms with Crippen LogP contribution in [-0.4, -0.2) is 18.2 Å². The van der Waals surface area contributed by atoms with E-state index in [1.807, 2.05) is 19.9 Å². The predicted octanol–water partition coefficient (Wildman–Crippen LogP) is 5.33. The van der Waals surface area contributed by atoms with Gasteiger partial charge in [-0.1, -0.05) is 25.8 Å². The third-order valence-corrected chi connectivity index (χ3v) is 4.31. The van der Waals surface area contributed by atoms with Gasteiger partial charge in [-0.2, -0.15) is 13.2 Å². The first-order valence-corrected chi connectivity index (χ1v) is 8.40. The maximum atomic E-state index is 12.5. The molecule has 0 aromatic heterocycles. The monoisotopic (exact) mass is 456 g/mol. The van der Waals surface area contributed by atoms with Crippen molar-refractivity contribution < 1.29 is 22.7 Å². The number of rotatable bonds is 4. The average Bonchev–Trinajstić information content (AvgIpc) is 2.87. The van der Waals surface area contributed by atoms with Crippen molar-refractivity contribution in [3.05, 3.63) is 21.1 Å². The fraction of sp³-hybridized carbons (Fsp3) is 0.562. The molecule has 1 fully saturated rings. The van der Waals surface area contributed by atoms with Gasteiger partial charge in [0.2, 0.25) is 0 Å². The molecule has 0 aromatic carbocycles. The zero-order valence-corrected chi connectivity index (χ0v) is 16.3. The Kier molecular flexibility index (Phi) is 6.56. The van der Waals surface area contributed by atoms with E-state index in [1.165, 1.54) is 13.8 Å². The van der Waals surface area contributed by atoms with Gasteiger partial charge in [-0.15, -0.1) is 5.92 Å². The number of halogens is 5. The van der Waals surface area contributed by atoms with E-state index in [9.17, 15) is 18.0 Å². The van der Waals surface area contributed by atoms with Gasteiger partial charge in [0.05, 0.1) is 9.31 Å². The number of hydrogen-bond acceptors (Lipinski definition) is 2. The van der Waals surface area contributed by atoms with Crippen LogP contribution in [0.5, 0.6) is 0 Å². The van der Waals surface area contributed by atoms with Crippen molar-refractivity contribution in [3.8, 4) is 11.8 Å². The van der Waals surface area contributed by atoms with E-state index in [0.717, 1.165) is 3.39 Å². The van der Waals surface area contributed by atoms with Crippen LogP contribution in [0.15, 0.2) is 21.1 Å². The Morgan fingerprint density at radius 2 is 1.91 bits per heavy atom. The Bertz CT molecular complexity index is 591. The molecule has 1 saturated carbocycles. The van der Waals surface area contributed by atoms with Crippen LogP contribution in [0, 0.1) is 29.1 Å². The number of carbonyl (C=O) groups excluding carboxylic acids is 1. The largest absolute Gasteiger partial charge is 0.444 e. The molecule has 3 atom stereocenters. The minimum absolute atomic E-state index is 0.0501. The summed E-state index contributed by atoms with van der Waals surface area (Å²) >= 11 is 6.49. The molecule has 0 radical (unpaired) electrons. The van der Waals surface area contributed by atoms with Gasteiger partial charge in [0, 0.05) is 6.08 Å². The highest BCUT2D eigenvalue weighted by atomic mass is 79.9. The second-order valence-electron chi connectivity index (χ2n) is 5.92. The fourth-order valence-corrected chi connectivity index (χ4v) is 3.03. The lowest BCUT2D eigenvalue weighted by atomic mass is 10.1. The van der Waals surface area contributed by atoms with Gasteiger partial charge >= 0.3 is 12.1 Å². The Hall–Kier alpha value is -0.740. The van der Waals surface area contributed by atoms with Crippen molar-refractivity contribution in [1.82, 2.24) is 0 Å². The smallest absolute Gasteiger partial charge is 0.409 e. The predicted molar refractivity (Wildman–Crippen MR) is 89.8 cm³/mol. The molecule has 0 aliphatic heterocycles. The Labute approximate surface area is 150 Å². The van der Waals surface area contributed by atoms with E-state index < -0.39 is 24.2 Å². The second-order valence-corrected chi connectivity index (χ2v) is 8.70. The van der Waals surface area contributed by atoms with E-state index in [1.54, 1.807) is 0 Å². The summed E-state index contributed by atoms with van der Waals surface area (Å²) in [7, 11) is 0. The van der Waals surface area contributed by atoms with Crippen LogP contribution in [0.2, 0.25) is 0 Å². The number of esters is 1. The lowest BCUT2D eigenvalue weighted by Crippen LogP contribution is -2.22. The van der Waals surface area contributed by atoms with Crippen LogP contribution in [-0.2, 0) is 9.53 Å². The van der Waals surface area contributed by atoms with E-state index in [2.05, 4.69) is 43.7 Å². The molecular formula is C16H17Br2F3O2. The van der Waals surface area contributed by atoms with Gasteiger partial charge in [-0.05, 0) is 62.6 Å². The zero-order chi connectivity index (χ0) is 18.0. The summed E-state index contributed by atoms with van der Waals surface area (Å²) in [5, 5.41) is 0. The zero-order valence-electron chi connectivity index (χ0n) is 13.1. The van der Waals surface area contributed by atoms with Crippen LogP contribution < -0.4 is 0 Å². The van der Waals surface area contributed by atoms with Gasteiger partial charge in [0.25, 0.3) is 0 Å². The van der Waals surface area contributed by atoms with Crippen LogP contribution >= 0.6 is 31.9 Å². The first-order chi connectivity index (χ1) is 10.4. The SMILES string of the molecule is CC#CC(OC(=O)C1C(C=C(Br)Br)C1(C)C)C(C)=CC(F)(F)F. The molecule has 7 heteroatoms. The van der Waals surface area contributed by atoms with Crippen molar-refractivity contribution >= 4 is 37.8 Å². The topological polar surface area (TPSA) is 26.3 Å². The molecule has 3 unspecified atom stereocenters. The molecule has 0 saturated heterocycles. The first-order valence-electron chi connectivity index (χ1n) is 6.81. The van der Waals surface area contributed by atoms with Crippen LogP contribution in [0.4, 0.5) is 13.2 Å².